The second-order valence-corrected chi connectivity index (χ2v) is 8.16. The lowest BCUT2D eigenvalue weighted by Crippen LogP contribution is -2.15. The number of rotatable bonds is 5. The second kappa shape index (κ2) is 6.83. The minimum absolute atomic E-state index is 0.196. The number of nitrogens with zero attached hydrogens (tertiary/aromatic N) is 1. The lowest BCUT2D eigenvalue weighted by molar-refractivity contribution is 0.357. The van der Waals surface area contributed by atoms with E-state index >= 15 is 0 Å². The van der Waals surface area contributed by atoms with Gasteiger partial charge in [0.1, 0.15) is 11.6 Å². The van der Waals surface area contributed by atoms with Crippen LogP contribution in [-0.4, -0.2) is 26.0 Å². The first-order valence-electron chi connectivity index (χ1n) is 8.63. The number of hydrogen-bond acceptors (Lipinski definition) is 4. The third-order valence-electron chi connectivity index (χ3n) is 4.61. The molecule has 3 aromatic rings. The van der Waals surface area contributed by atoms with Crippen molar-refractivity contribution in [2.24, 2.45) is 0 Å². The molecule has 2 heterocycles. The Labute approximate surface area is 157 Å². The number of ether oxygens (including phenoxy) is 1. The maximum atomic E-state index is 14.4. The lowest BCUT2D eigenvalue weighted by atomic mass is 10.1. The first-order chi connectivity index (χ1) is 13.0. The van der Waals surface area contributed by atoms with E-state index in [9.17, 15) is 12.8 Å². The van der Waals surface area contributed by atoms with E-state index in [1.165, 1.54) is 10.0 Å². The number of benzene rings is 2. The van der Waals surface area contributed by atoms with Gasteiger partial charge in [0, 0.05) is 30.3 Å². The SMILES string of the molecule is CNCc1cc(-c2ccccc2F)n(S(=O)(=O)c2cccc3c2CCO3)c1. The molecule has 1 aliphatic rings. The number of aromatic nitrogens is 1. The Morgan fingerprint density at radius 2 is 2.00 bits per heavy atom. The highest BCUT2D eigenvalue weighted by atomic mass is 32.2. The van der Waals surface area contributed by atoms with E-state index in [0.717, 1.165) is 5.56 Å². The van der Waals surface area contributed by atoms with Gasteiger partial charge in [-0.05, 0) is 42.9 Å². The summed E-state index contributed by atoms with van der Waals surface area (Å²) in [6, 6.07) is 12.9. The monoisotopic (exact) mass is 386 g/mol. The van der Waals surface area contributed by atoms with Crippen LogP contribution >= 0.6 is 0 Å². The summed E-state index contributed by atoms with van der Waals surface area (Å²) in [6.45, 7) is 0.929. The Morgan fingerprint density at radius 1 is 1.19 bits per heavy atom. The van der Waals surface area contributed by atoms with Gasteiger partial charge in [-0.25, -0.2) is 16.8 Å². The van der Waals surface area contributed by atoms with E-state index in [-0.39, 0.29) is 10.5 Å². The summed E-state index contributed by atoms with van der Waals surface area (Å²) in [7, 11) is -2.14. The highest BCUT2D eigenvalue weighted by molar-refractivity contribution is 7.90. The summed E-state index contributed by atoms with van der Waals surface area (Å²) in [5, 5.41) is 3.00. The van der Waals surface area contributed by atoms with Crippen LogP contribution in [0.25, 0.3) is 11.3 Å². The minimum Gasteiger partial charge on any atom is -0.493 e. The van der Waals surface area contributed by atoms with Crippen LogP contribution in [0.5, 0.6) is 5.75 Å². The summed E-state index contributed by atoms with van der Waals surface area (Å²) < 4.78 is 48.1. The third kappa shape index (κ3) is 3.02. The summed E-state index contributed by atoms with van der Waals surface area (Å²) in [6.07, 6.45) is 2.08. The van der Waals surface area contributed by atoms with Crippen molar-refractivity contribution >= 4 is 10.0 Å². The Hall–Kier alpha value is -2.64. The fraction of sp³-hybridized carbons (Fsp3) is 0.200. The van der Waals surface area contributed by atoms with Gasteiger partial charge in [0.05, 0.1) is 17.2 Å². The van der Waals surface area contributed by atoms with Crippen LogP contribution in [0.2, 0.25) is 0 Å². The molecule has 7 heteroatoms. The molecular weight excluding hydrogens is 367 g/mol. The van der Waals surface area contributed by atoms with Crippen LogP contribution < -0.4 is 10.1 Å². The molecule has 27 heavy (non-hydrogen) atoms. The number of hydrogen-bond donors (Lipinski definition) is 1. The topological polar surface area (TPSA) is 60.3 Å². The molecular formula is C20H19FN2O3S. The standard InChI is InChI=1S/C20H19FN2O3S/c1-22-12-14-11-18(15-5-2-3-6-17(15)21)23(13-14)27(24,25)20-8-4-7-19-16(20)9-10-26-19/h2-8,11,13,22H,9-10,12H2,1H3. The average molecular weight is 386 g/mol. The first-order valence-corrected chi connectivity index (χ1v) is 10.1. The molecule has 0 radical (unpaired) electrons. The lowest BCUT2D eigenvalue weighted by Gasteiger charge is -2.13. The Bertz CT molecular complexity index is 1110. The number of halogens is 1. The van der Waals surface area contributed by atoms with E-state index in [0.29, 0.717) is 36.6 Å². The summed E-state index contributed by atoms with van der Waals surface area (Å²) in [5.74, 6) is 0.121. The summed E-state index contributed by atoms with van der Waals surface area (Å²) in [4.78, 5) is 0.196. The Kier molecular flexibility index (Phi) is 4.49. The maximum absolute atomic E-state index is 14.4. The molecule has 1 N–H and O–H groups in total. The molecule has 0 aliphatic carbocycles. The van der Waals surface area contributed by atoms with Crippen LogP contribution in [-0.2, 0) is 23.0 Å². The molecule has 0 spiro atoms. The molecule has 2 aromatic carbocycles. The van der Waals surface area contributed by atoms with Gasteiger partial charge in [0.25, 0.3) is 10.0 Å². The molecule has 5 nitrogen and oxygen atoms in total. The van der Waals surface area contributed by atoms with Gasteiger partial charge in [-0.15, -0.1) is 0 Å². The van der Waals surface area contributed by atoms with Gasteiger partial charge in [-0.2, -0.15) is 0 Å². The molecule has 140 valence electrons. The molecule has 0 saturated heterocycles. The predicted molar refractivity (Wildman–Crippen MR) is 101 cm³/mol. The van der Waals surface area contributed by atoms with Crippen molar-refractivity contribution in [3.63, 3.8) is 0 Å². The van der Waals surface area contributed by atoms with Crippen molar-refractivity contribution in [1.82, 2.24) is 9.29 Å². The normalized spacial score (nSPS) is 13.4. The van der Waals surface area contributed by atoms with E-state index in [1.54, 1.807) is 55.7 Å². The van der Waals surface area contributed by atoms with Crippen LogP contribution in [0.1, 0.15) is 11.1 Å². The van der Waals surface area contributed by atoms with Crippen molar-refractivity contribution < 1.29 is 17.5 Å². The molecule has 4 rings (SSSR count). The van der Waals surface area contributed by atoms with Gasteiger partial charge in [0.2, 0.25) is 0 Å². The molecule has 0 atom stereocenters. The first kappa shape index (κ1) is 17.8. The Balaban J connectivity index is 1.93. The van der Waals surface area contributed by atoms with E-state index < -0.39 is 15.8 Å². The van der Waals surface area contributed by atoms with Crippen LogP contribution in [0.15, 0.2) is 59.6 Å². The smallest absolute Gasteiger partial charge is 0.268 e. The maximum Gasteiger partial charge on any atom is 0.268 e. The highest BCUT2D eigenvalue weighted by Gasteiger charge is 2.28. The van der Waals surface area contributed by atoms with Gasteiger partial charge in [-0.3, -0.25) is 0 Å². The minimum atomic E-state index is -3.92. The van der Waals surface area contributed by atoms with Gasteiger partial charge >= 0.3 is 0 Å². The van der Waals surface area contributed by atoms with Crippen molar-refractivity contribution in [2.75, 3.05) is 13.7 Å². The fourth-order valence-corrected chi connectivity index (χ4v) is 5.06. The van der Waals surface area contributed by atoms with Gasteiger partial charge < -0.3 is 10.1 Å². The fourth-order valence-electron chi connectivity index (χ4n) is 3.40. The molecule has 0 bridgehead atoms. The van der Waals surface area contributed by atoms with Crippen LogP contribution in [0.3, 0.4) is 0 Å². The Morgan fingerprint density at radius 3 is 2.78 bits per heavy atom. The third-order valence-corrected chi connectivity index (χ3v) is 6.37. The molecule has 1 aromatic heterocycles. The van der Waals surface area contributed by atoms with E-state index in [2.05, 4.69) is 5.32 Å². The average Bonchev–Trinajstić information content (AvgIpc) is 3.29. The zero-order chi connectivity index (χ0) is 19.0. The predicted octanol–water partition coefficient (Wildman–Crippen LogP) is 3.19. The van der Waals surface area contributed by atoms with E-state index in [4.69, 9.17) is 4.74 Å². The van der Waals surface area contributed by atoms with Crippen molar-refractivity contribution in [1.29, 1.82) is 0 Å². The van der Waals surface area contributed by atoms with Crippen molar-refractivity contribution in [3.05, 3.63) is 71.7 Å². The molecule has 0 unspecified atom stereocenters. The van der Waals surface area contributed by atoms with Crippen molar-refractivity contribution in [3.8, 4) is 17.0 Å². The van der Waals surface area contributed by atoms with Crippen molar-refractivity contribution in [2.45, 2.75) is 17.9 Å². The molecule has 0 saturated carbocycles. The number of nitrogens with one attached hydrogen (secondary N) is 1. The molecule has 0 amide bonds. The summed E-state index contributed by atoms with van der Waals surface area (Å²) in [5.41, 5.74) is 1.96. The zero-order valence-corrected chi connectivity index (χ0v) is 15.6. The second-order valence-electron chi connectivity index (χ2n) is 6.38. The molecule has 1 aliphatic heterocycles. The quantitative estimate of drug-likeness (QED) is 0.732. The van der Waals surface area contributed by atoms with E-state index in [1.807, 2.05) is 0 Å². The van der Waals surface area contributed by atoms with Crippen LogP contribution in [0.4, 0.5) is 4.39 Å². The molecule has 0 fully saturated rings. The zero-order valence-electron chi connectivity index (χ0n) is 14.8. The van der Waals surface area contributed by atoms with Gasteiger partial charge in [0.15, 0.2) is 0 Å². The summed E-state index contributed by atoms with van der Waals surface area (Å²) >= 11 is 0. The number of fused-ring (bicyclic) bond motifs is 1. The highest BCUT2D eigenvalue weighted by Crippen LogP contribution is 2.35. The van der Waals surface area contributed by atoms with Gasteiger partial charge in [-0.1, -0.05) is 18.2 Å². The largest absolute Gasteiger partial charge is 0.493 e. The van der Waals surface area contributed by atoms with Crippen LogP contribution in [0, 0.1) is 5.82 Å².